The van der Waals surface area contributed by atoms with Crippen LogP contribution in [-0.4, -0.2) is 21.7 Å². The van der Waals surface area contributed by atoms with E-state index in [9.17, 15) is 0 Å². The molecule has 4 rings (SSSR count). The van der Waals surface area contributed by atoms with Gasteiger partial charge in [-0.05, 0) is 55.2 Å². The van der Waals surface area contributed by atoms with Gasteiger partial charge in [0, 0.05) is 22.9 Å². The van der Waals surface area contributed by atoms with E-state index in [1.807, 2.05) is 25.1 Å². The number of nitrogens with zero attached hydrogens (tertiary/aromatic N) is 4. The Morgan fingerprint density at radius 3 is 2.92 bits per heavy atom. The Morgan fingerprint density at radius 2 is 2.04 bits per heavy atom. The molecule has 1 N–H and O–H groups in total. The molecule has 2 heterocycles. The molecule has 0 amide bonds. The number of aryl methyl sites for hydroxylation is 2. The molecule has 5 nitrogen and oxygen atoms in total. The smallest absolute Gasteiger partial charge is 0.249 e. The van der Waals surface area contributed by atoms with Crippen LogP contribution in [0.25, 0.3) is 0 Å². The van der Waals surface area contributed by atoms with Crippen LogP contribution in [0, 0.1) is 6.92 Å². The van der Waals surface area contributed by atoms with Gasteiger partial charge in [-0.25, -0.2) is 0 Å². The fourth-order valence-corrected chi connectivity index (χ4v) is 3.36. The number of nitrogens with one attached hydrogen (secondary N) is 1. The Hall–Kier alpha value is -2.66. The number of halogens is 1. The second kappa shape index (κ2) is 6.69. The summed E-state index contributed by atoms with van der Waals surface area (Å²) in [6, 6.07) is 14.1. The van der Waals surface area contributed by atoms with Gasteiger partial charge in [-0.1, -0.05) is 29.8 Å². The third kappa shape index (κ3) is 3.28. The quantitative estimate of drug-likeness (QED) is 0.743. The minimum Gasteiger partial charge on any atom is -0.325 e. The van der Waals surface area contributed by atoms with E-state index in [1.54, 1.807) is 6.20 Å². The van der Waals surface area contributed by atoms with Crippen LogP contribution in [0.5, 0.6) is 0 Å². The van der Waals surface area contributed by atoms with Crippen LogP contribution in [-0.2, 0) is 6.42 Å². The van der Waals surface area contributed by atoms with Crippen molar-refractivity contribution in [1.82, 2.24) is 15.2 Å². The van der Waals surface area contributed by atoms with Gasteiger partial charge >= 0.3 is 0 Å². The Morgan fingerprint density at radius 1 is 1.16 bits per heavy atom. The number of hydrogen-bond acceptors (Lipinski definition) is 5. The van der Waals surface area contributed by atoms with Gasteiger partial charge in [-0.3, -0.25) is 0 Å². The van der Waals surface area contributed by atoms with Gasteiger partial charge in [0.25, 0.3) is 0 Å². The molecule has 25 heavy (non-hydrogen) atoms. The Bertz CT molecular complexity index is 912. The summed E-state index contributed by atoms with van der Waals surface area (Å²) in [6.45, 7) is 2.92. The van der Waals surface area contributed by atoms with Crippen LogP contribution >= 0.6 is 11.6 Å². The lowest BCUT2D eigenvalue weighted by Crippen LogP contribution is -2.25. The lowest BCUT2D eigenvalue weighted by Gasteiger charge is -2.30. The molecule has 126 valence electrons. The maximum Gasteiger partial charge on any atom is 0.249 e. The largest absolute Gasteiger partial charge is 0.325 e. The van der Waals surface area contributed by atoms with Crippen molar-refractivity contribution in [3.63, 3.8) is 0 Å². The zero-order valence-corrected chi connectivity index (χ0v) is 14.7. The number of benzene rings is 2. The SMILES string of the molecule is Cc1cc(Cl)ccc1Nc1nncc(N2CCCc3ccccc32)n1. The van der Waals surface area contributed by atoms with E-state index in [-0.39, 0.29) is 0 Å². The van der Waals surface area contributed by atoms with Crippen molar-refractivity contribution < 1.29 is 0 Å². The lowest BCUT2D eigenvalue weighted by atomic mass is 10.0. The topological polar surface area (TPSA) is 53.9 Å². The Balaban J connectivity index is 1.64. The third-order valence-electron chi connectivity index (χ3n) is 4.37. The number of fused-ring (bicyclic) bond motifs is 1. The van der Waals surface area contributed by atoms with Crippen molar-refractivity contribution in [3.8, 4) is 0 Å². The van der Waals surface area contributed by atoms with Crippen molar-refractivity contribution in [3.05, 3.63) is 64.8 Å². The van der Waals surface area contributed by atoms with Crippen LogP contribution in [0.2, 0.25) is 5.02 Å². The normalized spacial score (nSPS) is 13.4. The van der Waals surface area contributed by atoms with E-state index in [4.69, 9.17) is 11.6 Å². The number of para-hydroxylation sites is 1. The molecule has 0 radical (unpaired) electrons. The number of anilines is 4. The molecular weight excluding hydrogens is 334 g/mol. The van der Waals surface area contributed by atoms with Gasteiger partial charge in [-0.15, -0.1) is 5.10 Å². The molecule has 0 unspecified atom stereocenters. The first-order valence-electron chi connectivity index (χ1n) is 8.29. The number of aromatic nitrogens is 3. The summed E-state index contributed by atoms with van der Waals surface area (Å²) in [5.74, 6) is 1.28. The van der Waals surface area contributed by atoms with Gasteiger partial charge in [0.1, 0.15) is 0 Å². The molecule has 0 saturated carbocycles. The van der Waals surface area contributed by atoms with E-state index in [0.29, 0.717) is 11.0 Å². The van der Waals surface area contributed by atoms with Gasteiger partial charge in [0.05, 0.1) is 6.20 Å². The van der Waals surface area contributed by atoms with Gasteiger partial charge in [0.15, 0.2) is 5.82 Å². The van der Waals surface area contributed by atoms with E-state index in [0.717, 1.165) is 36.5 Å². The zero-order chi connectivity index (χ0) is 17.2. The highest BCUT2D eigenvalue weighted by Gasteiger charge is 2.19. The zero-order valence-electron chi connectivity index (χ0n) is 13.9. The molecule has 1 aliphatic rings. The van der Waals surface area contributed by atoms with Crippen molar-refractivity contribution in [2.24, 2.45) is 0 Å². The second-order valence-electron chi connectivity index (χ2n) is 6.11. The molecule has 6 heteroatoms. The molecule has 0 spiro atoms. The van der Waals surface area contributed by atoms with E-state index >= 15 is 0 Å². The minimum atomic E-state index is 0.478. The van der Waals surface area contributed by atoms with Gasteiger partial charge in [-0.2, -0.15) is 10.1 Å². The van der Waals surface area contributed by atoms with Crippen LogP contribution in [0.15, 0.2) is 48.7 Å². The number of hydrogen-bond donors (Lipinski definition) is 1. The molecule has 0 saturated heterocycles. The molecule has 1 aromatic heterocycles. The molecule has 3 aromatic rings. The molecule has 0 fully saturated rings. The summed E-state index contributed by atoms with van der Waals surface area (Å²) in [4.78, 5) is 6.86. The highest BCUT2D eigenvalue weighted by molar-refractivity contribution is 6.30. The van der Waals surface area contributed by atoms with Crippen molar-refractivity contribution in [2.45, 2.75) is 19.8 Å². The van der Waals surface area contributed by atoms with Crippen molar-refractivity contribution >= 4 is 34.7 Å². The first-order valence-corrected chi connectivity index (χ1v) is 8.67. The summed E-state index contributed by atoms with van der Waals surface area (Å²) in [5, 5.41) is 12.2. The first-order chi connectivity index (χ1) is 12.2. The lowest BCUT2D eigenvalue weighted by molar-refractivity contribution is 0.754. The van der Waals surface area contributed by atoms with Gasteiger partial charge in [0.2, 0.25) is 5.95 Å². The van der Waals surface area contributed by atoms with Crippen LogP contribution in [0.4, 0.5) is 23.1 Å². The number of rotatable bonds is 3. The molecule has 0 bridgehead atoms. The summed E-state index contributed by atoms with van der Waals surface area (Å²) in [5.41, 5.74) is 4.49. The fourth-order valence-electron chi connectivity index (χ4n) is 3.14. The molecule has 0 atom stereocenters. The van der Waals surface area contributed by atoms with Crippen molar-refractivity contribution in [2.75, 3.05) is 16.8 Å². The van der Waals surface area contributed by atoms with Gasteiger partial charge < -0.3 is 10.2 Å². The Labute approximate surface area is 151 Å². The van der Waals surface area contributed by atoms with E-state index < -0.39 is 0 Å². The summed E-state index contributed by atoms with van der Waals surface area (Å²) >= 11 is 6.02. The second-order valence-corrected chi connectivity index (χ2v) is 6.54. The first kappa shape index (κ1) is 15.8. The maximum absolute atomic E-state index is 6.02. The molecule has 2 aromatic carbocycles. The third-order valence-corrected chi connectivity index (χ3v) is 4.60. The van der Waals surface area contributed by atoms with Crippen LogP contribution in [0.1, 0.15) is 17.5 Å². The highest BCUT2D eigenvalue weighted by atomic mass is 35.5. The van der Waals surface area contributed by atoms with Crippen LogP contribution < -0.4 is 10.2 Å². The van der Waals surface area contributed by atoms with Crippen LogP contribution in [0.3, 0.4) is 0 Å². The standard InChI is InChI=1S/C19H18ClN5/c1-13-11-15(20)8-9-16(13)22-19-23-18(12-21-24-19)25-10-4-6-14-5-2-3-7-17(14)25/h2-3,5,7-9,11-12H,4,6,10H2,1H3,(H,22,23,24). The summed E-state index contributed by atoms with van der Waals surface area (Å²) < 4.78 is 0. The maximum atomic E-state index is 6.02. The molecular formula is C19H18ClN5. The predicted molar refractivity (Wildman–Crippen MR) is 101 cm³/mol. The minimum absolute atomic E-state index is 0.478. The molecule has 0 aliphatic carbocycles. The fraction of sp³-hybridized carbons (Fsp3) is 0.211. The summed E-state index contributed by atoms with van der Waals surface area (Å²) in [6.07, 6.45) is 3.91. The summed E-state index contributed by atoms with van der Waals surface area (Å²) in [7, 11) is 0. The Kier molecular flexibility index (Phi) is 4.24. The predicted octanol–water partition coefficient (Wildman–Crippen LogP) is 4.66. The average Bonchev–Trinajstić information content (AvgIpc) is 2.64. The van der Waals surface area contributed by atoms with E-state index in [1.165, 1.54) is 11.3 Å². The average molecular weight is 352 g/mol. The molecule has 1 aliphatic heterocycles. The highest BCUT2D eigenvalue weighted by Crippen LogP contribution is 2.32. The van der Waals surface area contributed by atoms with Crippen molar-refractivity contribution in [1.29, 1.82) is 0 Å². The van der Waals surface area contributed by atoms with E-state index in [2.05, 4.69) is 49.7 Å². The monoisotopic (exact) mass is 351 g/mol.